The average molecular weight is 524 g/mol. The number of aromatic nitrogens is 1. The SMILES string of the molecule is CN=C(NCCCCn1c(C)cccc1=O)NCCCc1ccc(C(C)C)cc1.I. The zero-order chi connectivity index (χ0) is 21.1. The van der Waals surface area contributed by atoms with Gasteiger partial charge in [0.1, 0.15) is 0 Å². The number of aliphatic imine (C=N–C) groups is 1. The van der Waals surface area contributed by atoms with Gasteiger partial charge in [0.25, 0.3) is 5.56 Å². The minimum atomic E-state index is 0. The predicted molar refractivity (Wildman–Crippen MR) is 138 cm³/mol. The molecule has 0 unspecified atom stereocenters. The van der Waals surface area contributed by atoms with Crippen LogP contribution in [0.5, 0.6) is 0 Å². The van der Waals surface area contributed by atoms with Crippen LogP contribution in [0.2, 0.25) is 0 Å². The van der Waals surface area contributed by atoms with Crippen LogP contribution in [0.3, 0.4) is 0 Å². The first-order valence-electron chi connectivity index (χ1n) is 10.7. The number of halogens is 1. The van der Waals surface area contributed by atoms with Gasteiger partial charge in [0.05, 0.1) is 0 Å². The molecule has 6 heteroatoms. The highest BCUT2D eigenvalue weighted by molar-refractivity contribution is 14.0. The Morgan fingerprint density at radius 1 is 1.00 bits per heavy atom. The molecule has 5 nitrogen and oxygen atoms in total. The Balaban J connectivity index is 0.00000450. The number of hydrogen-bond donors (Lipinski definition) is 2. The van der Waals surface area contributed by atoms with Gasteiger partial charge >= 0.3 is 0 Å². The molecule has 0 radical (unpaired) electrons. The van der Waals surface area contributed by atoms with Crippen molar-refractivity contribution in [3.63, 3.8) is 0 Å². The van der Waals surface area contributed by atoms with Gasteiger partial charge in [-0.2, -0.15) is 0 Å². The minimum Gasteiger partial charge on any atom is -0.356 e. The topological polar surface area (TPSA) is 58.4 Å². The first-order valence-corrected chi connectivity index (χ1v) is 10.7. The molecule has 0 aliphatic carbocycles. The fourth-order valence-corrected chi connectivity index (χ4v) is 3.30. The highest BCUT2D eigenvalue weighted by Crippen LogP contribution is 2.15. The van der Waals surface area contributed by atoms with Gasteiger partial charge in [0.2, 0.25) is 0 Å². The number of guanidine groups is 1. The van der Waals surface area contributed by atoms with E-state index < -0.39 is 0 Å². The van der Waals surface area contributed by atoms with Gasteiger partial charge < -0.3 is 15.2 Å². The summed E-state index contributed by atoms with van der Waals surface area (Å²) in [7, 11) is 1.80. The molecule has 0 aliphatic rings. The summed E-state index contributed by atoms with van der Waals surface area (Å²) in [6.07, 6.45) is 4.08. The Morgan fingerprint density at radius 3 is 2.27 bits per heavy atom. The van der Waals surface area contributed by atoms with Crippen molar-refractivity contribution in [2.75, 3.05) is 20.1 Å². The van der Waals surface area contributed by atoms with Gasteiger partial charge in [-0.1, -0.05) is 44.2 Å². The maximum atomic E-state index is 11.9. The van der Waals surface area contributed by atoms with Gasteiger partial charge in [-0.25, -0.2) is 0 Å². The van der Waals surface area contributed by atoms with Crippen LogP contribution in [0.4, 0.5) is 0 Å². The van der Waals surface area contributed by atoms with Crippen molar-refractivity contribution < 1.29 is 0 Å². The fraction of sp³-hybridized carbons (Fsp3) is 0.500. The number of aryl methyl sites for hydroxylation is 2. The summed E-state index contributed by atoms with van der Waals surface area (Å²) < 4.78 is 1.83. The molecule has 0 bridgehead atoms. The molecule has 2 N–H and O–H groups in total. The average Bonchev–Trinajstić information content (AvgIpc) is 2.71. The molecule has 0 amide bonds. The van der Waals surface area contributed by atoms with Crippen LogP contribution in [0.25, 0.3) is 0 Å². The number of nitrogens with zero attached hydrogens (tertiary/aromatic N) is 2. The van der Waals surface area contributed by atoms with E-state index in [-0.39, 0.29) is 29.5 Å². The lowest BCUT2D eigenvalue weighted by atomic mass is 10.0. The zero-order valence-electron chi connectivity index (χ0n) is 18.8. The summed E-state index contributed by atoms with van der Waals surface area (Å²) in [4.78, 5) is 16.2. The van der Waals surface area contributed by atoms with Crippen molar-refractivity contribution in [1.29, 1.82) is 0 Å². The first kappa shape index (κ1) is 26.2. The molecule has 166 valence electrons. The monoisotopic (exact) mass is 524 g/mol. The van der Waals surface area contributed by atoms with E-state index in [2.05, 4.69) is 53.7 Å². The van der Waals surface area contributed by atoms with Crippen molar-refractivity contribution >= 4 is 29.9 Å². The van der Waals surface area contributed by atoms with Crippen LogP contribution < -0.4 is 16.2 Å². The molecule has 30 heavy (non-hydrogen) atoms. The number of rotatable bonds is 10. The number of pyridine rings is 1. The summed E-state index contributed by atoms with van der Waals surface area (Å²) in [5, 5.41) is 6.73. The molecule has 0 aliphatic heterocycles. The quantitative estimate of drug-likeness (QED) is 0.209. The standard InChI is InChI=1S/C24H36N4O.HI/c1-19(2)22-14-12-21(13-15-22)10-8-17-27-24(25-4)26-16-5-6-18-28-20(3)9-7-11-23(28)29;/h7,9,11-15,19H,5-6,8,10,16-18H2,1-4H3,(H2,25,26,27);1H. The second kappa shape index (κ2) is 14.2. The van der Waals surface area contributed by atoms with Crippen molar-refractivity contribution in [2.45, 2.75) is 58.9 Å². The smallest absolute Gasteiger partial charge is 0.250 e. The third-order valence-electron chi connectivity index (χ3n) is 5.17. The summed E-state index contributed by atoms with van der Waals surface area (Å²) in [6.45, 7) is 8.92. The molecule has 1 heterocycles. The molecule has 0 saturated carbocycles. The Labute approximate surface area is 198 Å². The van der Waals surface area contributed by atoms with Gasteiger partial charge in [0.15, 0.2) is 5.96 Å². The third-order valence-corrected chi connectivity index (χ3v) is 5.17. The van der Waals surface area contributed by atoms with Gasteiger partial charge in [-0.15, -0.1) is 24.0 Å². The Hall–Kier alpha value is -1.83. The molecule has 1 aromatic carbocycles. The molecule has 2 aromatic rings. The maximum Gasteiger partial charge on any atom is 0.250 e. The zero-order valence-corrected chi connectivity index (χ0v) is 21.1. The summed E-state index contributed by atoms with van der Waals surface area (Å²) in [5.74, 6) is 1.42. The molecule has 1 aromatic heterocycles. The van der Waals surface area contributed by atoms with E-state index in [0.29, 0.717) is 5.92 Å². The van der Waals surface area contributed by atoms with Crippen molar-refractivity contribution in [1.82, 2.24) is 15.2 Å². The van der Waals surface area contributed by atoms with Crippen LogP contribution in [0.15, 0.2) is 52.3 Å². The van der Waals surface area contributed by atoms with E-state index in [1.54, 1.807) is 13.1 Å². The lowest BCUT2D eigenvalue weighted by Crippen LogP contribution is -2.38. The lowest BCUT2D eigenvalue weighted by Gasteiger charge is -2.13. The number of hydrogen-bond acceptors (Lipinski definition) is 2. The van der Waals surface area contributed by atoms with Gasteiger partial charge in [0, 0.05) is 38.4 Å². The van der Waals surface area contributed by atoms with E-state index in [4.69, 9.17) is 0 Å². The van der Waals surface area contributed by atoms with E-state index in [9.17, 15) is 4.79 Å². The normalized spacial score (nSPS) is 11.3. The Morgan fingerprint density at radius 2 is 1.67 bits per heavy atom. The second-order valence-electron chi connectivity index (χ2n) is 7.79. The highest BCUT2D eigenvalue weighted by atomic mass is 127. The Bertz CT molecular complexity index is 828. The van der Waals surface area contributed by atoms with E-state index in [1.807, 2.05) is 23.6 Å². The minimum absolute atomic E-state index is 0. The molecule has 0 atom stereocenters. The van der Waals surface area contributed by atoms with Crippen LogP contribution >= 0.6 is 24.0 Å². The number of benzene rings is 1. The van der Waals surface area contributed by atoms with Gasteiger partial charge in [-0.05, 0) is 55.7 Å². The summed E-state index contributed by atoms with van der Waals surface area (Å²) >= 11 is 0. The number of unbranched alkanes of at least 4 members (excludes halogenated alkanes) is 1. The fourth-order valence-electron chi connectivity index (χ4n) is 3.30. The van der Waals surface area contributed by atoms with Crippen molar-refractivity contribution in [3.8, 4) is 0 Å². The predicted octanol–water partition coefficient (Wildman–Crippen LogP) is 4.48. The first-order chi connectivity index (χ1) is 14.0. The summed E-state index contributed by atoms with van der Waals surface area (Å²) in [6, 6.07) is 14.4. The van der Waals surface area contributed by atoms with Crippen LogP contribution in [0.1, 0.15) is 55.8 Å². The number of nitrogens with one attached hydrogen (secondary N) is 2. The highest BCUT2D eigenvalue weighted by Gasteiger charge is 2.02. The maximum absolute atomic E-state index is 11.9. The van der Waals surface area contributed by atoms with Crippen molar-refractivity contribution in [3.05, 3.63) is 69.6 Å². The molecule has 0 fully saturated rings. The van der Waals surface area contributed by atoms with Crippen LogP contribution in [-0.2, 0) is 13.0 Å². The molecular formula is C24H37IN4O. The summed E-state index contributed by atoms with van der Waals surface area (Å²) in [5.41, 5.74) is 3.87. The van der Waals surface area contributed by atoms with E-state index in [1.165, 1.54) is 11.1 Å². The van der Waals surface area contributed by atoms with Crippen molar-refractivity contribution in [2.24, 2.45) is 4.99 Å². The molecule has 2 rings (SSSR count). The molecular weight excluding hydrogens is 487 g/mol. The lowest BCUT2D eigenvalue weighted by molar-refractivity contribution is 0.574. The Kier molecular flexibility index (Phi) is 12.4. The largest absolute Gasteiger partial charge is 0.356 e. The van der Waals surface area contributed by atoms with Gasteiger partial charge in [-0.3, -0.25) is 9.79 Å². The molecule has 0 spiro atoms. The third kappa shape index (κ3) is 8.90. The molecule has 0 saturated heterocycles. The van der Waals surface area contributed by atoms with Crippen LogP contribution in [-0.4, -0.2) is 30.7 Å². The van der Waals surface area contributed by atoms with Crippen LogP contribution in [0, 0.1) is 6.92 Å². The second-order valence-corrected chi connectivity index (χ2v) is 7.79. The van der Waals surface area contributed by atoms with E-state index >= 15 is 0 Å². The van der Waals surface area contributed by atoms with E-state index in [0.717, 1.165) is 57.0 Å².